The highest BCUT2D eigenvalue weighted by Gasteiger charge is 2.28. The van der Waals surface area contributed by atoms with Gasteiger partial charge >= 0.3 is 0 Å². The fraction of sp³-hybridized carbons (Fsp3) is 0.167. The summed E-state index contributed by atoms with van der Waals surface area (Å²) in [7, 11) is 0. The fourth-order valence-corrected chi connectivity index (χ4v) is 4.98. The number of nitrogens with one attached hydrogen (secondary N) is 1. The number of hydrogen-bond donors (Lipinski definition) is 1. The molecule has 1 nitrogen and oxygen atoms in total. The van der Waals surface area contributed by atoms with Gasteiger partial charge in [0.1, 0.15) is 0 Å². The molecular weight excluding hydrogens is 374 g/mol. The quantitative estimate of drug-likeness (QED) is 0.340. The van der Waals surface area contributed by atoms with Gasteiger partial charge in [0, 0.05) is 17.0 Å². The molecule has 1 aliphatic rings. The monoisotopic (exact) mass is 401 g/mol. The Hall–Kier alpha value is -3.45. The normalized spacial score (nSPS) is 15.1. The Morgan fingerprint density at radius 2 is 1.35 bits per heavy atom. The maximum atomic E-state index is 9.29. The molecule has 1 N–H and O–H groups in total. The van der Waals surface area contributed by atoms with Crippen molar-refractivity contribution in [2.24, 2.45) is 0 Å². The number of allylic oxidation sites excluding steroid dienone is 1. The van der Waals surface area contributed by atoms with Crippen molar-refractivity contribution in [2.45, 2.75) is 33.6 Å². The van der Waals surface area contributed by atoms with Crippen molar-refractivity contribution in [1.82, 2.24) is 0 Å². The van der Waals surface area contributed by atoms with Crippen molar-refractivity contribution in [3.05, 3.63) is 123 Å². The van der Waals surface area contributed by atoms with Gasteiger partial charge in [-0.1, -0.05) is 72.3 Å². The maximum Gasteiger partial charge on any atom is 0.0690 e. The van der Waals surface area contributed by atoms with Gasteiger partial charge in [-0.3, -0.25) is 5.41 Å². The Bertz CT molecular complexity index is 1390. The second-order valence-corrected chi connectivity index (χ2v) is 8.79. The molecule has 0 saturated carbocycles. The van der Waals surface area contributed by atoms with Gasteiger partial charge in [0.05, 0.1) is 5.71 Å². The average Bonchev–Trinajstić information content (AvgIpc) is 3.11. The van der Waals surface area contributed by atoms with Gasteiger partial charge in [-0.2, -0.15) is 0 Å². The Morgan fingerprint density at radius 3 is 2.13 bits per heavy atom. The molecular formula is C30H27N. The first kappa shape index (κ1) is 19.5. The molecule has 0 radical (unpaired) electrons. The van der Waals surface area contributed by atoms with Crippen LogP contribution in [0.1, 0.15) is 57.3 Å². The minimum absolute atomic E-state index is 0.183. The maximum absolute atomic E-state index is 9.29. The first-order chi connectivity index (χ1) is 15.0. The smallest absolute Gasteiger partial charge is 0.0690 e. The molecule has 1 heteroatoms. The lowest BCUT2D eigenvalue weighted by atomic mass is 9.81. The topological polar surface area (TPSA) is 23.9 Å². The predicted molar refractivity (Wildman–Crippen MR) is 132 cm³/mol. The van der Waals surface area contributed by atoms with Crippen molar-refractivity contribution in [3.8, 4) is 0 Å². The van der Waals surface area contributed by atoms with E-state index in [1.807, 2.05) is 0 Å². The summed E-state index contributed by atoms with van der Waals surface area (Å²) in [5.74, 6) is 0.183. The van der Waals surface area contributed by atoms with E-state index in [9.17, 15) is 5.41 Å². The van der Waals surface area contributed by atoms with E-state index in [1.54, 1.807) is 0 Å². The number of fused-ring (bicyclic) bond motifs is 2. The third-order valence-corrected chi connectivity index (χ3v) is 6.97. The standard InChI is InChI=1S/C30H27N/c1-18-13-14-25(21(4)20(18)3)30(31)28-17-23-10-6-5-9-22(23)16-27(28)29-19(2)15-24-11-7-8-12-26(24)29/h5-17,29,31H,1-4H3. The van der Waals surface area contributed by atoms with Gasteiger partial charge in [0.15, 0.2) is 0 Å². The lowest BCUT2D eigenvalue weighted by molar-refractivity contribution is 0.975. The minimum Gasteiger partial charge on any atom is -0.300 e. The number of hydrogen-bond acceptors (Lipinski definition) is 1. The van der Waals surface area contributed by atoms with Gasteiger partial charge < -0.3 is 0 Å². The Morgan fingerprint density at radius 1 is 0.677 bits per heavy atom. The second kappa shape index (κ2) is 7.35. The molecule has 4 aromatic carbocycles. The molecule has 1 atom stereocenters. The van der Waals surface area contributed by atoms with Crippen LogP contribution in [0.2, 0.25) is 0 Å². The van der Waals surface area contributed by atoms with Crippen LogP contribution < -0.4 is 0 Å². The molecule has 0 heterocycles. The number of benzene rings is 4. The van der Waals surface area contributed by atoms with E-state index in [0.717, 1.165) is 11.1 Å². The Balaban J connectivity index is 1.76. The molecule has 0 bridgehead atoms. The highest BCUT2D eigenvalue weighted by Crippen LogP contribution is 2.43. The van der Waals surface area contributed by atoms with Crippen molar-refractivity contribution < 1.29 is 0 Å². The second-order valence-electron chi connectivity index (χ2n) is 8.79. The highest BCUT2D eigenvalue weighted by molar-refractivity contribution is 6.14. The van der Waals surface area contributed by atoms with Crippen molar-refractivity contribution >= 4 is 22.6 Å². The SMILES string of the molecule is CC1=Cc2ccccc2C1c1cc2ccccc2cc1C(=N)c1ccc(C)c(C)c1C. The summed E-state index contributed by atoms with van der Waals surface area (Å²) < 4.78 is 0. The van der Waals surface area contributed by atoms with E-state index in [1.165, 1.54) is 49.7 Å². The zero-order chi connectivity index (χ0) is 21.7. The summed E-state index contributed by atoms with van der Waals surface area (Å²) in [6.07, 6.45) is 2.30. The first-order valence-electron chi connectivity index (χ1n) is 10.9. The molecule has 152 valence electrons. The van der Waals surface area contributed by atoms with Crippen LogP contribution in [0.15, 0.2) is 78.4 Å². The van der Waals surface area contributed by atoms with E-state index in [-0.39, 0.29) is 5.92 Å². The molecule has 0 amide bonds. The first-order valence-corrected chi connectivity index (χ1v) is 10.9. The van der Waals surface area contributed by atoms with Crippen LogP contribution >= 0.6 is 0 Å². The van der Waals surface area contributed by atoms with Gasteiger partial charge in [-0.25, -0.2) is 0 Å². The van der Waals surface area contributed by atoms with Crippen LogP contribution in [0, 0.1) is 26.2 Å². The molecule has 31 heavy (non-hydrogen) atoms. The van der Waals surface area contributed by atoms with Gasteiger partial charge in [0.25, 0.3) is 0 Å². The van der Waals surface area contributed by atoms with E-state index >= 15 is 0 Å². The van der Waals surface area contributed by atoms with Crippen LogP contribution in [0.4, 0.5) is 0 Å². The molecule has 0 saturated heterocycles. The van der Waals surface area contributed by atoms with Crippen LogP contribution in [0.25, 0.3) is 16.8 Å². The molecule has 0 aliphatic heterocycles. The van der Waals surface area contributed by atoms with E-state index in [2.05, 4.69) is 107 Å². The van der Waals surface area contributed by atoms with Gasteiger partial charge in [-0.05, 0) is 84.0 Å². The predicted octanol–water partition coefficient (Wildman–Crippen LogP) is 7.73. The van der Waals surface area contributed by atoms with Gasteiger partial charge in [0.2, 0.25) is 0 Å². The highest BCUT2D eigenvalue weighted by atomic mass is 14.4. The van der Waals surface area contributed by atoms with Crippen molar-refractivity contribution in [3.63, 3.8) is 0 Å². The van der Waals surface area contributed by atoms with E-state index in [0.29, 0.717) is 5.71 Å². The van der Waals surface area contributed by atoms with Crippen LogP contribution in [-0.4, -0.2) is 5.71 Å². The van der Waals surface area contributed by atoms with Crippen molar-refractivity contribution in [1.29, 1.82) is 5.41 Å². The van der Waals surface area contributed by atoms with Crippen LogP contribution in [0.5, 0.6) is 0 Å². The molecule has 0 spiro atoms. The average molecular weight is 402 g/mol. The summed E-state index contributed by atoms with van der Waals surface area (Å²) in [5.41, 5.74) is 11.6. The summed E-state index contributed by atoms with van der Waals surface area (Å²) in [6.45, 7) is 8.65. The summed E-state index contributed by atoms with van der Waals surface area (Å²) in [6, 6.07) is 25.9. The lowest BCUT2D eigenvalue weighted by Crippen LogP contribution is -2.12. The van der Waals surface area contributed by atoms with Gasteiger partial charge in [-0.15, -0.1) is 0 Å². The molecule has 1 unspecified atom stereocenters. The third-order valence-electron chi connectivity index (χ3n) is 6.97. The molecule has 5 rings (SSSR count). The van der Waals surface area contributed by atoms with Crippen LogP contribution in [-0.2, 0) is 0 Å². The van der Waals surface area contributed by atoms with E-state index < -0.39 is 0 Å². The number of aryl methyl sites for hydroxylation is 1. The molecule has 1 aliphatic carbocycles. The summed E-state index contributed by atoms with van der Waals surface area (Å²) in [4.78, 5) is 0. The third kappa shape index (κ3) is 3.13. The Labute approximate surface area is 184 Å². The molecule has 4 aromatic rings. The minimum atomic E-state index is 0.183. The zero-order valence-corrected chi connectivity index (χ0v) is 18.6. The summed E-state index contributed by atoms with van der Waals surface area (Å²) in [5, 5.41) is 11.7. The fourth-order valence-electron chi connectivity index (χ4n) is 4.98. The molecule has 0 fully saturated rings. The largest absolute Gasteiger partial charge is 0.300 e. The Kier molecular flexibility index (Phi) is 4.63. The summed E-state index contributed by atoms with van der Waals surface area (Å²) >= 11 is 0. The van der Waals surface area contributed by atoms with Crippen LogP contribution in [0.3, 0.4) is 0 Å². The van der Waals surface area contributed by atoms with E-state index in [4.69, 9.17) is 0 Å². The molecule has 0 aromatic heterocycles. The van der Waals surface area contributed by atoms with Crippen molar-refractivity contribution in [2.75, 3.05) is 0 Å². The zero-order valence-electron chi connectivity index (χ0n) is 18.6. The number of rotatable bonds is 3. The lowest BCUT2D eigenvalue weighted by Gasteiger charge is -2.22.